The van der Waals surface area contributed by atoms with Crippen LogP contribution in [0, 0.1) is 0 Å². The van der Waals surface area contributed by atoms with E-state index in [0.717, 1.165) is 16.0 Å². The predicted octanol–water partition coefficient (Wildman–Crippen LogP) is 4.21. The lowest BCUT2D eigenvalue weighted by atomic mass is 10.2. The molecule has 0 spiro atoms. The molecule has 0 saturated heterocycles. The molecule has 2 aromatic rings. The summed E-state index contributed by atoms with van der Waals surface area (Å²) in [5, 5.41) is 9.94. The minimum absolute atomic E-state index is 0.286. The van der Waals surface area contributed by atoms with E-state index < -0.39 is 0 Å². The van der Waals surface area contributed by atoms with Crippen LogP contribution < -0.4 is 0 Å². The maximum atomic E-state index is 9.94. The molecule has 1 aromatic carbocycles. The Labute approximate surface area is 118 Å². The van der Waals surface area contributed by atoms with Gasteiger partial charge in [0, 0.05) is 21.9 Å². The van der Waals surface area contributed by atoms with Crippen LogP contribution in [0.2, 0.25) is 0 Å². The Hall–Kier alpha value is -0.290. The normalized spacial score (nSPS) is 12.6. The molecule has 90 valence electrons. The van der Waals surface area contributed by atoms with Crippen LogP contribution in [0.15, 0.2) is 51.1 Å². The van der Waals surface area contributed by atoms with Crippen molar-refractivity contribution in [2.24, 2.45) is 0 Å². The molecule has 0 saturated carbocycles. The molecule has 1 nitrogen and oxygen atoms in total. The minimum atomic E-state index is -0.286. The van der Waals surface area contributed by atoms with Gasteiger partial charge >= 0.3 is 0 Å². The smallest absolute Gasteiger partial charge is 0.0701 e. The van der Waals surface area contributed by atoms with Gasteiger partial charge in [0.2, 0.25) is 0 Å². The van der Waals surface area contributed by atoms with Gasteiger partial charge in [0.15, 0.2) is 0 Å². The molecule has 1 aromatic heterocycles. The van der Waals surface area contributed by atoms with Crippen LogP contribution in [0.25, 0.3) is 0 Å². The average Bonchev–Trinajstić information content (AvgIpc) is 2.73. The molecule has 1 unspecified atom stereocenters. The van der Waals surface area contributed by atoms with Crippen LogP contribution >= 0.6 is 39.0 Å². The van der Waals surface area contributed by atoms with Crippen LogP contribution in [0.1, 0.15) is 4.88 Å². The van der Waals surface area contributed by atoms with E-state index in [2.05, 4.69) is 34.1 Å². The van der Waals surface area contributed by atoms with Gasteiger partial charge in [-0.3, -0.25) is 0 Å². The van der Waals surface area contributed by atoms with Gasteiger partial charge in [-0.05, 0) is 40.2 Å². The zero-order valence-electron chi connectivity index (χ0n) is 9.17. The van der Waals surface area contributed by atoms with Crippen molar-refractivity contribution < 1.29 is 5.11 Å². The van der Waals surface area contributed by atoms with Gasteiger partial charge in [-0.1, -0.05) is 18.2 Å². The molecule has 0 amide bonds. The molecule has 0 radical (unpaired) electrons. The van der Waals surface area contributed by atoms with E-state index in [0.29, 0.717) is 0 Å². The summed E-state index contributed by atoms with van der Waals surface area (Å²) in [6.07, 6.45) is 0.446. The number of aliphatic hydroxyl groups is 1. The molecule has 2 rings (SSSR count). The van der Waals surface area contributed by atoms with Crippen LogP contribution in [0.3, 0.4) is 0 Å². The fourth-order valence-corrected chi connectivity index (χ4v) is 3.87. The lowest BCUT2D eigenvalue weighted by molar-refractivity contribution is 0.201. The molecular formula is C13H13BrOS2. The Morgan fingerprint density at radius 3 is 2.59 bits per heavy atom. The van der Waals surface area contributed by atoms with Gasteiger partial charge in [0.25, 0.3) is 0 Å². The van der Waals surface area contributed by atoms with Gasteiger partial charge in [0.05, 0.1) is 9.89 Å². The lowest BCUT2D eigenvalue weighted by Gasteiger charge is -2.08. The van der Waals surface area contributed by atoms with E-state index in [1.54, 1.807) is 23.1 Å². The first-order valence-corrected chi connectivity index (χ1v) is 7.93. The van der Waals surface area contributed by atoms with Crippen molar-refractivity contribution in [1.82, 2.24) is 0 Å². The fourth-order valence-electron chi connectivity index (χ4n) is 1.46. The van der Waals surface area contributed by atoms with E-state index in [1.807, 2.05) is 24.3 Å². The first kappa shape index (κ1) is 13.1. The van der Waals surface area contributed by atoms with Gasteiger partial charge < -0.3 is 5.11 Å². The van der Waals surface area contributed by atoms with E-state index in [9.17, 15) is 5.11 Å². The van der Waals surface area contributed by atoms with Gasteiger partial charge in [0.1, 0.15) is 0 Å². The molecule has 0 aliphatic rings. The summed E-state index contributed by atoms with van der Waals surface area (Å²) in [6, 6.07) is 14.3. The number of benzene rings is 1. The van der Waals surface area contributed by atoms with Crippen molar-refractivity contribution in [3.05, 3.63) is 51.1 Å². The molecule has 4 heteroatoms. The Bertz CT molecular complexity index is 455. The zero-order chi connectivity index (χ0) is 12.1. The highest BCUT2D eigenvalue weighted by Crippen LogP contribution is 2.25. The molecule has 0 fully saturated rings. The highest BCUT2D eigenvalue weighted by molar-refractivity contribution is 9.11. The quantitative estimate of drug-likeness (QED) is 0.830. The minimum Gasteiger partial charge on any atom is -0.392 e. The van der Waals surface area contributed by atoms with E-state index in [1.165, 1.54) is 9.77 Å². The second-order valence-corrected chi connectivity index (χ2v) is 7.33. The highest BCUT2D eigenvalue weighted by Gasteiger charge is 2.08. The van der Waals surface area contributed by atoms with Crippen molar-refractivity contribution in [2.75, 3.05) is 5.75 Å². The van der Waals surface area contributed by atoms with Gasteiger partial charge in [-0.25, -0.2) is 0 Å². The molecule has 0 bridgehead atoms. The standard InChI is InChI=1S/C13H13BrOS2/c14-13-7-6-12(17-13)8-10(15)9-16-11-4-2-1-3-5-11/h1-7,10,15H,8-9H2. The third-order valence-electron chi connectivity index (χ3n) is 2.25. The van der Waals surface area contributed by atoms with Gasteiger partial charge in [-0.15, -0.1) is 23.1 Å². The van der Waals surface area contributed by atoms with Crippen molar-refractivity contribution in [1.29, 1.82) is 0 Å². The summed E-state index contributed by atoms with van der Waals surface area (Å²) < 4.78 is 1.12. The monoisotopic (exact) mass is 328 g/mol. The summed E-state index contributed by atoms with van der Waals surface area (Å²) in [6.45, 7) is 0. The topological polar surface area (TPSA) is 20.2 Å². The molecule has 1 heterocycles. The second kappa shape index (κ2) is 6.59. The van der Waals surface area contributed by atoms with Crippen molar-refractivity contribution in [2.45, 2.75) is 17.4 Å². The molecule has 17 heavy (non-hydrogen) atoms. The molecule has 0 aliphatic heterocycles. The van der Waals surface area contributed by atoms with Gasteiger partial charge in [-0.2, -0.15) is 0 Å². The third kappa shape index (κ3) is 4.47. The summed E-state index contributed by atoms with van der Waals surface area (Å²) in [4.78, 5) is 2.43. The molecule has 1 atom stereocenters. The predicted molar refractivity (Wildman–Crippen MR) is 78.9 cm³/mol. The van der Waals surface area contributed by atoms with Crippen LogP contribution in [0.5, 0.6) is 0 Å². The van der Waals surface area contributed by atoms with Crippen LogP contribution in [-0.2, 0) is 6.42 Å². The Kier molecular flexibility index (Phi) is 5.10. The molecule has 1 N–H and O–H groups in total. The van der Waals surface area contributed by atoms with Crippen molar-refractivity contribution in [3.8, 4) is 0 Å². The first-order valence-electron chi connectivity index (χ1n) is 5.34. The summed E-state index contributed by atoms with van der Waals surface area (Å²) in [5.41, 5.74) is 0. The number of halogens is 1. The van der Waals surface area contributed by atoms with Crippen molar-refractivity contribution in [3.63, 3.8) is 0 Å². The Balaban J connectivity index is 1.80. The SMILES string of the molecule is OC(CSc1ccccc1)Cc1ccc(Br)s1. The lowest BCUT2D eigenvalue weighted by Crippen LogP contribution is -2.12. The average molecular weight is 329 g/mol. The third-order valence-corrected chi connectivity index (χ3v) is 5.05. The summed E-state index contributed by atoms with van der Waals surface area (Å²) in [7, 11) is 0. The van der Waals surface area contributed by atoms with Crippen molar-refractivity contribution >= 4 is 39.0 Å². The van der Waals surface area contributed by atoms with E-state index >= 15 is 0 Å². The number of thiophene rings is 1. The largest absolute Gasteiger partial charge is 0.392 e. The summed E-state index contributed by atoms with van der Waals surface area (Å²) in [5.74, 6) is 0.736. The number of aliphatic hydroxyl groups excluding tert-OH is 1. The van der Waals surface area contributed by atoms with Crippen LogP contribution in [0.4, 0.5) is 0 Å². The molecular weight excluding hydrogens is 316 g/mol. The second-order valence-electron chi connectivity index (χ2n) is 3.69. The Morgan fingerprint density at radius 1 is 1.18 bits per heavy atom. The molecule has 0 aliphatic carbocycles. The highest BCUT2D eigenvalue weighted by atomic mass is 79.9. The first-order chi connectivity index (χ1) is 8.24. The number of rotatable bonds is 5. The number of hydrogen-bond acceptors (Lipinski definition) is 3. The maximum absolute atomic E-state index is 9.94. The Morgan fingerprint density at radius 2 is 1.94 bits per heavy atom. The number of thioether (sulfide) groups is 1. The maximum Gasteiger partial charge on any atom is 0.0701 e. The number of hydrogen-bond donors (Lipinski definition) is 1. The van der Waals surface area contributed by atoms with Crippen LogP contribution in [-0.4, -0.2) is 17.0 Å². The fraction of sp³-hybridized carbons (Fsp3) is 0.231. The van der Waals surface area contributed by atoms with E-state index in [4.69, 9.17) is 0 Å². The van der Waals surface area contributed by atoms with E-state index in [-0.39, 0.29) is 6.10 Å². The zero-order valence-corrected chi connectivity index (χ0v) is 12.4. The summed E-state index contributed by atoms with van der Waals surface area (Å²) >= 11 is 6.81.